The van der Waals surface area contributed by atoms with Crippen LogP contribution in [-0.4, -0.2) is 34.6 Å². The fraction of sp³-hybridized carbons (Fsp3) is 0. The number of nitrogens with zero attached hydrogens (tertiary/aromatic N) is 8. The van der Waals surface area contributed by atoms with Gasteiger partial charge in [0.1, 0.15) is 11.4 Å². The monoisotopic (exact) mass is 979 g/mol. The summed E-state index contributed by atoms with van der Waals surface area (Å²) in [5.41, 5.74) is 13.1. The maximum absolute atomic E-state index is 6.90. The van der Waals surface area contributed by atoms with Gasteiger partial charge in [0.25, 0.3) is 11.5 Å². The molecule has 0 spiro atoms. The van der Waals surface area contributed by atoms with E-state index < -0.39 is 0 Å². The lowest BCUT2D eigenvalue weighted by Crippen LogP contribution is -2.16. The van der Waals surface area contributed by atoms with Gasteiger partial charge in [-0.15, -0.1) is 0 Å². The molecule has 0 saturated carbocycles. The van der Waals surface area contributed by atoms with Crippen molar-refractivity contribution in [1.29, 1.82) is 0 Å². The van der Waals surface area contributed by atoms with Gasteiger partial charge >= 0.3 is 0 Å². The summed E-state index contributed by atoms with van der Waals surface area (Å²) < 4.78 is 12.2. The molecule has 1 N–H and O–H groups in total. The summed E-state index contributed by atoms with van der Waals surface area (Å²) in [6, 6.07) is 86.1. The van der Waals surface area contributed by atoms with Crippen molar-refractivity contribution in [1.82, 2.24) is 29.9 Å². The number of hydrogen-bond donors (Lipinski definition) is 0. The number of aromatic nitrogens is 6. The lowest BCUT2D eigenvalue weighted by molar-refractivity contribution is 0.197. The van der Waals surface area contributed by atoms with E-state index in [4.69, 9.17) is 39.4 Å². The van der Waals surface area contributed by atoms with Gasteiger partial charge in [-0.3, -0.25) is 4.90 Å². The fourth-order valence-electron chi connectivity index (χ4n) is 9.93. The van der Waals surface area contributed by atoms with Crippen molar-refractivity contribution >= 4 is 34.1 Å². The molecule has 76 heavy (non-hydrogen) atoms. The Labute approximate surface area is 438 Å². The molecule has 0 unspecified atom stereocenters. The Morgan fingerprint density at radius 2 is 0.645 bits per heavy atom. The minimum atomic E-state index is 0.593. The molecule has 12 aromatic rings. The predicted octanol–water partition coefficient (Wildman–Crippen LogP) is 16.7. The van der Waals surface area contributed by atoms with Gasteiger partial charge in [0.05, 0.1) is 11.4 Å². The molecule has 0 amide bonds. The third-order valence-corrected chi connectivity index (χ3v) is 13.6. The summed E-state index contributed by atoms with van der Waals surface area (Å²) in [6.45, 7) is 0. The molecule has 2 aromatic heterocycles. The molecule has 14 rings (SSSR count). The van der Waals surface area contributed by atoms with Gasteiger partial charge in [-0.25, -0.2) is 29.9 Å². The van der Waals surface area contributed by atoms with E-state index in [0.717, 1.165) is 102 Å². The first-order chi connectivity index (χ1) is 37.6. The molecule has 0 atom stereocenters. The number of aromatic hydroxyl groups is 2. The quantitative estimate of drug-likeness (QED) is 0.131. The van der Waals surface area contributed by atoms with Crippen molar-refractivity contribution in [2.45, 2.75) is 0 Å². The average Bonchev–Trinajstić information content (AvgIpc) is 3.57. The predicted molar refractivity (Wildman–Crippen MR) is 302 cm³/mol. The summed E-state index contributed by atoms with van der Waals surface area (Å²) in [4.78, 5) is 34.3. The van der Waals surface area contributed by atoms with E-state index in [1.165, 1.54) is 0 Å². The van der Waals surface area contributed by atoms with Crippen LogP contribution in [0.2, 0.25) is 0 Å². The third kappa shape index (κ3) is 8.12. The van der Waals surface area contributed by atoms with Crippen molar-refractivity contribution in [3.8, 4) is 102 Å². The number of benzene rings is 10. The average molecular weight is 980 g/mol. The highest BCUT2D eigenvalue weighted by atomic mass is 16.5. The fourth-order valence-corrected chi connectivity index (χ4v) is 9.93. The zero-order chi connectivity index (χ0) is 50.4. The van der Waals surface area contributed by atoms with Crippen LogP contribution in [0, 0.1) is 0 Å². The maximum atomic E-state index is 6.90. The summed E-state index contributed by atoms with van der Waals surface area (Å²) in [5.74, 6) is 6.86. The zero-order valence-corrected chi connectivity index (χ0v) is 40.7. The molecule has 2 aliphatic heterocycles. The summed E-state index contributed by atoms with van der Waals surface area (Å²) in [6.07, 6.45) is 0. The zero-order valence-electron chi connectivity index (χ0n) is 40.7. The van der Waals surface area contributed by atoms with Crippen LogP contribution in [-0.2, 0) is 0 Å². The van der Waals surface area contributed by atoms with E-state index in [0.29, 0.717) is 34.9 Å². The van der Waals surface area contributed by atoms with Gasteiger partial charge in [0.15, 0.2) is 46.4 Å². The second-order valence-electron chi connectivity index (χ2n) is 18.4. The number of para-hydroxylation sites is 5. The molecule has 10 nitrogen and oxygen atoms in total. The molecule has 10 aromatic carbocycles. The highest BCUT2D eigenvalue weighted by molar-refractivity contribution is 5.94. The van der Waals surface area contributed by atoms with E-state index in [2.05, 4.69) is 119 Å². The number of fused-ring (bicyclic) bond motifs is 4. The largest absolute Gasteiger partial charge is 0.543 e. The van der Waals surface area contributed by atoms with Crippen molar-refractivity contribution in [2.24, 2.45) is 0 Å². The van der Waals surface area contributed by atoms with Crippen molar-refractivity contribution in [3.63, 3.8) is 0 Å². The molecule has 4 heterocycles. The Kier molecular flexibility index (Phi) is 10.9. The summed E-state index contributed by atoms with van der Waals surface area (Å²) >= 11 is 0. The molecule has 0 saturated heterocycles. The molecule has 0 fully saturated rings. The van der Waals surface area contributed by atoms with Crippen molar-refractivity contribution in [2.75, 3.05) is 9.80 Å². The number of rotatable bonds is 9. The highest BCUT2D eigenvalue weighted by Crippen LogP contribution is 2.56. The number of anilines is 6. The molecular formula is C66H43N8O2+. The van der Waals surface area contributed by atoms with Gasteiger partial charge in [0, 0.05) is 62.5 Å². The van der Waals surface area contributed by atoms with Crippen LogP contribution < -0.4 is 14.5 Å². The second-order valence-corrected chi connectivity index (χ2v) is 18.4. The molecule has 0 bridgehead atoms. The van der Waals surface area contributed by atoms with E-state index >= 15 is 0 Å². The second kappa shape index (κ2) is 18.8. The van der Waals surface area contributed by atoms with Crippen LogP contribution in [0.15, 0.2) is 255 Å². The molecular weight excluding hydrogens is 937 g/mol. The first-order valence-corrected chi connectivity index (χ1v) is 25.1. The molecule has 10 heteroatoms. The van der Waals surface area contributed by atoms with Gasteiger partial charge in [-0.2, -0.15) is 0 Å². The topological polar surface area (TPSA) is 106 Å². The smallest absolute Gasteiger partial charge is 0.285 e. The normalized spacial score (nSPS) is 12.1. The Balaban J connectivity index is 0.810. The lowest BCUT2D eigenvalue weighted by Gasteiger charge is -2.34. The minimum Gasteiger partial charge on any atom is -0.543 e. The van der Waals surface area contributed by atoms with Crippen LogP contribution in [0.4, 0.5) is 34.1 Å². The molecule has 2 aliphatic rings. The Bertz CT molecular complexity index is 3990. The highest BCUT2D eigenvalue weighted by Gasteiger charge is 2.33. The van der Waals surface area contributed by atoms with E-state index in [9.17, 15) is 0 Å². The van der Waals surface area contributed by atoms with Crippen LogP contribution in [0.1, 0.15) is 0 Å². The van der Waals surface area contributed by atoms with Crippen LogP contribution in [0.3, 0.4) is 0 Å². The van der Waals surface area contributed by atoms with Gasteiger partial charge < -0.3 is 14.4 Å². The minimum absolute atomic E-state index is 0.593. The van der Waals surface area contributed by atoms with Gasteiger partial charge in [0.2, 0.25) is 0 Å². The molecule has 358 valence electrons. The van der Waals surface area contributed by atoms with Crippen LogP contribution >= 0.6 is 0 Å². The number of hydrogen-bond acceptors (Lipinski definition) is 9. The van der Waals surface area contributed by atoms with E-state index in [-0.39, 0.29) is 0 Å². The summed E-state index contributed by atoms with van der Waals surface area (Å²) in [5, 5.41) is 0. The standard InChI is InChI=1S/C66H42N8O2/c1-5-18-43(19-6-1)61-67-62(44-20-7-2-8-21-44)70-65(69-61)47-32-37-50(38-33-47)73-53-27-13-15-30-57(53)75-59-42-49(36-41-55(59)73)52-26-17-29-56-60(52)76-58-31-16-14-28-54(58)74(56)51-39-34-48(35-40-51)66-71-63(45-22-9-3-10-23-45)68-64(72-66)46-24-11-4-12-25-46/h1-42H/p+1. The molecule has 0 aliphatic carbocycles. The Hall–Kier alpha value is -10.6. The Morgan fingerprint density at radius 1 is 0.276 bits per heavy atom. The summed E-state index contributed by atoms with van der Waals surface area (Å²) in [7, 11) is 0. The molecule has 0 radical (unpaired) electrons. The third-order valence-electron chi connectivity index (χ3n) is 13.6. The van der Waals surface area contributed by atoms with Gasteiger partial charge in [-0.1, -0.05) is 164 Å². The SMILES string of the molecule is c1ccc(-c2nc(-c3ccccc3)nc(-c3ccc(N4c5ccccc5[OH+]c5cc(-c6cccc7c6Oc6ccccc6N7c6ccc(-c7nc(-c8ccccc8)nc(-c8ccccc8)n7)cc6)ccc54)cc3)n2)cc1. The van der Waals surface area contributed by atoms with Crippen molar-refractivity contribution in [3.05, 3.63) is 255 Å². The first kappa shape index (κ1) is 44.1. The maximum Gasteiger partial charge on any atom is 0.285 e. The Morgan fingerprint density at radius 3 is 1.13 bits per heavy atom. The van der Waals surface area contributed by atoms with E-state index in [1.807, 2.05) is 146 Å². The first-order valence-electron chi connectivity index (χ1n) is 25.1. The lowest BCUT2D eigenvalue weighted by atomic mass is 9.99. The van der Waals surface area contributed by atoms with Gasteiger partial charge in [-0.05, 0) is 84.4 Å². The van der Waals surface area contributed by atoms with Crippen LogP contribution in [0.25, 0.3) is 79.5 Å². The van der Waals surface area contributed by atoms with Crippen molar-refractivity contribution < 1.29 is 9.47 Å². The number of ether oxygens (including phenoxy) is 2. The van der Waals surface area contributed by atoms with E-state index in [1.54, 1.807) is 0 Å². The van der Waals surface area contributed by atoms with Crippen LogP contribution in [0.5, 0.6) is 23.0 Å².